The van der Waals surface area contributed by atoms with E-state index in [-0.39, 0.29) is 10.8 Å². The van der Waals surface area contributed by atoms with E-state index in [1.807, 2.05) is 27.7 Å². The van der Waals surface area contributed by atoms with Crippen molar-refractivity contribution in [1.82, 2.24) is 0 Å². The summed E-state index contributed by atoms with van der Waals surface area (Å²) in [5.41, 5.74) is -0.270. The first-order chi connectivity index (χ1) is 8.08. The molecule has 0 amide bonds. The van der Waals surface area contributed by atoms with E-state index < -0.39 is 13.5 Å². The van der Waals surface area contributed by atoms with E-state index >= 15 is 0 Å². The molecule has 0 atom stereocenters. The third-order valence-electron chi connectivity index (χ3n) is 2.77. The first kappa shape index (κ1) is 15.1. The van der Waals surface area contributed by atoms with Crippen molar-refractivity contribution in [2.24, 2.45) is 10.8 Å². The van der Waals surface area contributed by atoms with Gasteiger partial charge in [0.25, 0.3) is 0 Å². The third-order valence-corrected chi connectivity index (χ3v) is 10.8. The maximum Gasteiger partial charge on any atom is 0.411 e. The predicted octanol–water partition coefficient (Wildman–Crippen LogP) is 3.55. The summed E-state index contributed by atoms with van der Waals surface area (Å²) in [5, 5.41) is 0. The van der Waals surface area contributed by atoms with Gasteiger partial charge in [-0.05, 0) is 11.8 Å². The van der Waals surface area contributed by atoms with Crippen molar-refractivity contribution in [2.75, 3.05) is 26.4 Å². The minimum Gasteiger partial charge on any atom is -0.320 e. The molecule has 0 saturated carbocycles. The van der Waals surface area contributed by atoms with E-state index in [1.165, 1.54) is 0 Å². The van der Waals surface area contributed by atoms with Crippen LogP contribution in [0.1, 0.15) is 27.7 Å². The second-order valence-electron chi connectivity index (χ2n) is 6.36. The summed E-state index contributed by atoms with van der Waals surface area (Å²) >= 11 is 5.32. The molecule has 2 saturated heterocycles. The Morgan fingerprint density at radius 2 is 1.17 bits per heavy atom. The fourth-order valence-electron chi connectivity index (χ4n) is 1.47. The number of hydrogen-bond acceptors (Lipinski definition) is 6. The highest BCUT2D eigenvalue weighted by atomic mass is 32.6. The summed E-state index contributed by atoms with van der Waals surface area (Å²) in [7, 11) is -3.46. The van der Waals surface area contributed by atoms with E-state index in [9.17, 15) is 4.57 Å². The van der Waals surface area contributed by atoms with Crippen LogP contribution in [0.2, 0.25) is 0 Å². The number of hydrogen-bond donors (Lipinski definition) is 0. The maximum atomic E-state index is 12.7. The van der Waals surface area contributed by atoms with Gasteiger partial charge in [0, 0.05) is 10.8 Å². The van der Waals surface area contributed by atoms with Gasteiger partial charge in [-0.2, -0.15) is 0 Å². The van der Waals surface area contributed by atoms with Gasteiger partial charge < -0.3 is 18.1 Å². The molecule has 2 aliphatic heterocycles. The molecule has 0 aromatic carbocycles. The van der Waals surface area contributed by atoms with Gasteiger partial charge in [0.2, 0.25) is 0 Å². The van der Waals surface area contributed by atoms with Gasteiger partial charge in [0.05, 0.1) is 26.4 Å². The summed E-state index contributed by atoms with van der Waals surface area (Å²) in [6.45, 7) is 9.51. The molecule has 2 fully saturated rings. The molecule has 2 aliphatic rings. The summed E-state index contributed by atoms with van der Waals surface area (Å²) in [5.74, 6) is 0. The minimum absolute atomic E-state index is 0.115. The Hall–Kier alpha value is 0.720. The molecule has 0 unspecified atom stereocenters. The molecule has 0 bridgehead atoms. The Morgan fingerprint density at radius 1 is 0.833 bits per heavy atom. The zero-order chi connectivity index (χ0) is 13.7. The van der Waals surface area contributed by atoms with E-state index in [1.54, 1.807) is 0 Å². The van der Waals surface area contributed by atoms with Crippen molar-refractivity contribution in [1.29, 1.82) is 0 Å². The van der Waals surface area contributed by atoms with Crippen molar-refractivity contribution in [3.05, 3.63) is 0 Å². The predicted molar refractivity (Wildman–Crippen MR) is 73.3 cm³/mol. The van der Waals surface area contributed by atoms with E-state index in [0.717, 1.165) is 0 Å². The van der Waals surface area contributed by atoms with Crippen molar-refractivity contribution in [3.8, 4) is 0 Å². The van der Waals surface area contributed by atoms with Crippen LogP contribution in [0.15, 0.2) is 0 Å². The Labute approximate surface area is 113 Å². The fourth-order valence-corrected chi connectivity index (χ4v) is 7.79. The molecule has 18 heavy (non-hydrogen) atoms. The Bertz CT molecular complexity index is 366. The first-order valence-electron chi connectivity index (χ1n) is 5.86. The van der Waals surface area contributed by atoms with Crippen molar-refractivity contribution in [2.45, 2.75) is 27.7 Å². The molecule has 106 valence electrons. The van der Waals surface area contributed by atoms with Gasteiger partial charge in [-0.25, -0.2) is 4.57 Å². The maximum absolute atomic E-state index is 12.7. The average molecular weight is 314 g/mol. The van der Waals surface area contributed by atoms with Gasteiger partial charge in [0.15, 0.2) is 0 Å². The van der Waals surface area contributed by atoms with Crippen LogP contribution >= 0.6 is 13.5 Å². The van der Waals surface area contributed by atoms with Crippen LogP contribution in [0.25, 0.3) is 0 Å². The summed E-state index contributed by atoms with van der Waals surface area (Å²) < 4.78 is 34.7. The van der Waals surface area contributed by atoms with E-state index in [4.69, 9.17) is 29.9 Å². The van der Waals surface area contributed by atoms with Crippen LogP contribution in [0.5, 0.6) is 0 Å². The van der Waals surface area contributed by atoms with Gasteiger partial charge >= 0.3 is 13.5 Å². The zero-order valence-electron chi connectivity index (χ0n) is 11.2. The van der Waals surface area contributed by atoms with E-state index in [0.29, 0.717) is 26.4 Å². The van der Waals surface area contributed by atoms with Crippen LogP contribution in [0.4, 0.5) is 0 Å². The molecule has 2 rings (SSSR count). The molecule has 0 aromatic heterocycles. The average Bonchev–Trinajstić information content (AvgIpc) is 2.27. The molecular formula is C10H20O5P2S. The summed E-state index contributed by atoms with van der Waals surface area (Å²) in [6, 6.07) is 0. The molecule has 0 aromatic rings. The lowest BCUT2D eigenvalue weighted by Crippen LogP contribution is -2.33. The molecular weight excluding hydrogens is 294 g/mol. The normalized spacial score (nSPS) is 32.9. The second-order valence-corrected chi connectivity index (χ2v) is 14.6. The molecule has 0 spiro atoms. The van der Waals surface area contributed by atoms with Crippen LogP contribution in [-0.4, -0.2) is 26.4 Å². The van der Waals surface area contributed by atoms with Crippen LogP contribution < -0.4 is 0 Å². The van der Waals surface area contributed by atoms with Crippen LogP contribution in [0.3, 0.4) is 0 Å². The standard InChI is InChI=1S/C10H20O5P2S/c1-9(2)5-12-16(11,13-6-9)17(18)14-7-10(3,4)8-15-17/h5-8H2,1-4H3. The monoisotopic (exact) mass is 314 g/mol. The topological polar surface area (TPSA) is 54.0 Å². The molecule has 0 radical (unpaired) electrons. The third kappa shape index (κ3) is 2.90. The second kappa shape index (κ2) is 4.63. The highest BCUT2D eigenvalue weighted by molar-refractivity contribution is 8.48. The lowest BCUT2D eigenvalue weighted by atomic mass is 9.97. The zero-order valence-corrected chi connectivity index (χ0v) is 13.8. The lowest BCUT2D eigenvalue weighted by molar-refractivity contribution is 0.0333. The van der Waals surface area contributed by atoms with Gasteiger partial charge in [-0.3, -0.25) is 0 Å². The van der Waals surface area contributed by atoms with E-state index in [2.05, 4.69) is 0 Å². The molecule has 0 aliphatic carbocycles. The SMILES string of the molecule is CC1(C)COP(=O)(P2(=S)OCC(C)(C)CO2)OC1. The van der Waals surface area contributed by atoms with Crippen molar-refractivity contribution < 1.29 is 22.7 Å². The minimum atomic E-state index is -3.46. The Kier molecular flexibility index (Phi) is 3.89. The smallest absolute Gasteiger partial charge is 0.320 e. The molecule has 5 nitrogen and oxygen atoms in total. The van der Waals surface area contributed by atoms with Crippen molar-refractivity contribution >= 4 is 25.3 Å². The highest BCUT2D eigenvalue weighted by Crippen LogP contribution is 2.86. The highest BCUT2D eigenvalue weighted by Gasteiger charge is 2.53. The van der Waals surface area contributed by atoms with Gasteiger partial charge in [0.1, 0.15) is 0 Å². The van der Waals surface area contributed by atoms with Crippen LogP contribution in [-0.2, 0) is 34.5 Å². The Morgan fingerprint density at radius 3 is 1.56 bits per heavy atom. The summed E-state index contributed by atoms with van der Waals surface area (Å²) in [4.78, 5) is 0. The molecule has 8 heteroatoms. The largest absolute Gasteiger partial charge is 0.411 e. The van der Waals surface area contributed by atoms with Gasteiger partial charge in [-0.1, -0.05) is 27.7 Å². The van der Waals surface area contributed by atoms with Crippen molar-refractivity contribution in [3.63, 3.8) is 0 Å². The van der Waals surface area contributed by atoms with Gasteiger partial charge in [-0.15, -0.1) is 0 Å². The fraction of sp³-hybridized carbons (Fsp3) is 1.00. The molecule has 2 heterocycles. The Balaban J connectivity index is 2.12. The number of rotatable bonds is 1. The lowest BCUT2D eigenvalue weighted by Gasteiger charge is -2.42. The van der Waals surface area contributed by atoms with Crippen LogP contribution in [0, 0.1) is 10.8 Å². The quantitative estimate of drug-likeness (QED) is 0.690. The first-order valence-corrected chi connectivity index (χ1v) is 10.8. The summed E-state index contributed by atoms with van der Waals surface area (Å²) in [6.07, 6.45) is -2.99. The molecule has 0 N–H and O–H groups in total.